The topological polar surface area (TPSA) is 58.9 Å². The van der Waals surface area contributed by atoms with Crippen LogP contribution in [0.15, 0.2) is 24.3 Å². The molecule has 2 aromatic carbocycles. The average molecular weight is 633 g/mol. The van der Waals surface area contributed by atoms with E-state index < -0.39 is 0 Å². The second-order valence-corrected chi connectivity index (χ2v) is 16.6. The molecule has 4 heteroatoms. The highest BCUT2D eigenvalue weighted by molar-refractivity contribution is 5.53. The molecule has 2 fully saturated rings. The van der Waals surface area contributed by atoms with Gasteiger partial charge < -0.3 is 19.7 Å². The summed E-state index contributed by atoms with van der Waals surface area (Å²) < 4.78 is 12.8. The summed E-state index contributed by atoms with van der Waals surface area (Å²) in [6.45, 7) is 18.0. The number of phenols is 2. The van der Waals surface area contributed by atoms with Gasteiger partial charge >= 0.3 is 0 Å². The van der Waals surface area contributed by atoms with E-state index in [1.165, 1.54) is 88.2 Å². The highest BCUT2D eigenvalue weighted by Crippen LogP contribution is 2.57. The Kier molecular flexibility index (Phi) is 10.9. The van der Waals surface area contributed by atoms with E-state index in [1.54, 1.807) is 0 Å². The van der Waals surface area contributed by atoms with Gasteiger partial charge in [-0.1, -0.05) is 66.2 Å². The fourth-order valence-electron chi connectivity index (χ4n) is 9.48. The smallest absolute Gasteiger partial charge is 0.127 e. The number of aryl methyl sites for hydroxylation is 2. The molecular formula is C42H64O4. The van der Waals surface area contributed by atoms with Gasteiger partial charge in [0, 0.05) is 23.0 Å². The van der Waals surface area contributed by atoms with E-state index in [-0.39, 0.29) is 11.2 Å². The third-order valence-electron chi connectivity index (χ3n) is 12.0. The molecule has 0 amide bonds. The van der Waals surface area contributed by atoms with E-state index in [9.17, 15) is 10.2 Å². The van der Waals surface area contributed by atoms with Gasteiger partial charge in [0.1, 0.15) is 34.2 Å². The number of fused-ring (bicyclic) bond motifs is 6. The number of aromatic hydroxyl groups is 2. The van der Waals surface area contributed by atoms with Crippen molar-refractivity contribution in [3.05, 3.63) is 46.5 Å². The van der Waals surface area contributed by atoms with Crippen LogP contribution in [0.5, 0.6) is 23.0 Å². The number of hydrogen-bond acceptors (Lipinski definition) is 4. The van der Waals surface area contributed by atoms with Crippen molar-refractivity contribution in [2.45, 2.75) is 168 Å². The average Bonchev–Trinajstić information content (AvgIpc) is 2.96. The molecule has 0 spiro atoms. The normalized spacial score (nSPS) is 28.6. The highest BCUT2D eigenvalue weighted by atomic mass is 16.5. The molecule has 2 aromatic rings. The molecular weight excluding hydrogens is 568 g/mol. The molecule has 256 valence electrons. The molecule has 0 unspecified atom stereocenters. The van der Waals surface area contributed by atoms with E-state index in [4.69, 9.17) is 9.47 Å². The van der Waals surface area contributed by atoms with Crippen LogP contribution in [0.1, 0.15) is 167 Å². The summed E-state index contributed by atoms with van der Waals surface area (Å²) in [6, 6.07) is 8.38. The van der Waals surface area contributed by atoms with Crippen molar-refractivity contribution in [2.75, 3.05) is 0 Å². The molecule has 6 rings (SSSR count). The molecule has 0 saturated heterocycles. The molecule has 2 saturated carbocycles. The van der Waals surface area contributed by atoms with Gasteiger partial charge in [-0.2, -0.15) is 0 Å². The Labute approximate surface area is 280 Å². The van der Waals surface area contributed by atoms with Crippen molar-refractivity contribution in [2.24, 2.45) is 23.7 Å². The van der Waals surface area contributed by atoms with Crippen LogP contribution in [0.4, 0.5) is 0 Å². The first-order valence-electron chi connectivity index (χ1n) is 18.9. The maximum atomic E-state index is 10.7. The fourth-order valence-corrected chi connectivity index (χ4v) is 9.48. The monoisotopic (exact) mass is 632 g/mol. The summed E-state index contributed by atoms with van der Waals surface area (Å²) in [7, 11) is 0. The van der Waals surface area contributed by atoms with Crippen molar-refractivity contribution >= 4 is 0 Å². The number of benzene rings is 2. The van der Waals surface area contributed by atoms with E-state index in [1.807, 2.05) is 12.1 Å². The number of rotatable bonds is 8. The Morgan fingerprint density at radius 3 is 1.37 bits per heavy atom. The van der Waals surface area contributed by atoms with Gasteiger partial charge in [0.25, 0.3) is 0 Å². The lowest BCUT2D eigenvalue weighted by atomic mass is 9.64. The van der Waals surface area contributed by atoms with Crippen LogP contribution in [0, 0.1) is 23.7 Å². The van der Waals surface area contributed by atoms with E-state index in [2.05, 4.69) is 67.5 Å². The van der Waals surface area contributed by atoms with Crippen LogP contribution in [0.25, 0.3) is 0 Å². The largest absolute Gasteiger partial charge is 0.508 e. The third kappa shape index (κ3) is 7.52. The lowest BCUT2D eigenvalue weighted by molar-refractivity contribution is -0.0149. The number of hydrogen-bond donors (Lipinski definition) is 2. The lowest BCUT2D eigenvalue weighted by Crippen LogP contribution is -2.46. The van der Waals surface area contributed by atoms with Crippen LogP contribution >= 0.6 is 0 Å². The number of unbranched alkanes of at least 4 members (excludes halogenated alkanes) is 4. The first-order chi connectivity index (χ1) is 21.8. The number of ether oxygens (including phenoxy) is 2. The van der Waals surface area contributed by atoms with Crippen LogP contribution in [0.2, 0.25) is 0 Å². The summed E-state index contributed by atoms with van der Waals surface area (Å²) in [5, 5.41) is 21.4. The zero-order valence-corrected chi connectivity index (χ0v) is 30.4. The summed E-state index contributed by atoms with van der Waals surface area (Å²) in [4.78, 5) is 0. The van der Waals surface area contributed by atoms with E-state index in [0.29, 0.717) is 35.2 Å². The molecule has 4 aliphatic rings. The lowest BCUT2D eigenvalue weighted by Gasteiger charge is -2.49. The third-order valence-corrected chi connectivity index (χ3v) is 12.0. The second-order valence-electron chi connectivity index (χ2n) is 16.6. The van der Waals surface area contributed by atoms with Gasteiger partial charge in [-0.15, -0.1) is 0 Å². The van der Waals surface area contributed by atoms with Gasteiger partial charge in [0.15, 0.2) is 0 Å². The molecule has 2 heterocycles. The van der Waals surface area contributed by atoms with Crippen molar-refractivity contribution < 1.29 is 19.7 Å². The molecule has 2 aliphatic heterocycles. The van der Waals surface area contributed by atoms with Crippen LogP contribution in [0.3, 0.4) is 0 Å². The minimum atomic E-state index is -0.133. The zero-order valence-electron chi connectivity index (χ0n) is 30.4. The van der Waals surface area contributed by atoms with Crippen molar-refractivity contribution in [3.8, 4) is 23.0 Å². The van der Waals surface area contributed by atoms with Gasteiger partial charge in [0.2, 0.25) is 0 Å². The Bertz CT molecular complexity index is 1220. The quantitative estimate of drug-likeness (QED) is 0.284. The molecule has 0 radical (unpaired) electrons. The summed E-state index contributed by atoms with van der Waals surface area (Å²) in [6.07, 6.45) is 16.7. The minimum absolute atomic E-state index is 0.133. The Balaban J connectivity index is 0.000000181. The maximum Gasteiger partial charge on any atom is 0.127 e. The van der Waals surface area contributed by atoms with Gasteiger partial charge in [-0.3, -0.25) is 0 Å². The summed E-state index contributed by atoms with van der Waals surface area (Å²) in [5.41, 5.74) is 4.33. The second kappa shape index (κ2) is 14.4. The highest BCUT2D eigenvalue weighted by Gasteiger charge is 2.48. The molecule has 6 atom stereocenters. The molecule has 46 heavy (non-hydrogen) atoms. The van der Waals surface area contributed by atoms with Crippen molar-refractivity contribution in [3.63, 3.8) is 0 Å². The first kappa shape index (κ1) is 35.0. The minimum Gasteiger partial charge on any atom is -0.508 e. The number of phenolic OH excluding ortho intramolecular Hbond substituents is 2. The molecule has 2 aliphatic carbocycles. The van der Waals surface area contributed by atoms with E-state index in [0.717, 1.165) is 47.3 Å². The first-order valence-corrected chi connectivity index (χ1v) is 18.9. The van der Waals surface area contributed by atoms with Gasteiger partial charge in [-0.25, -0.2) is 0 Å². The van der Waals surface area contributed by atoms with Gasteiger partial charge in [0.05, 0.1) is 0 Å². The van der Waals surface area contributed by atoms with Gasteiger partial charge in [-0.05, 0) is 138 Å². The molecule has 2 N–H and O–H groups in total. The molecule has 4 nitrogen and oxygen atoms in total. The SMILES string of the molecule is CCCCCc1cc(O)c2c(c1)OC(C)(C)[C@@H]1CC[C@@H](C)C[C@@H]21.CCCCCc1cc(O)c2c(c1)OC(C)(C)[C@@H]1CC[C@H](C)C[C@@H]21. The maximum absolute atomic E-state index is 10.7. The van der Waals surface area contributed by atoms with E-state index >= 15 is 0 Å². The fraction of sp³-hybridized carbons (Fsp3) is 0.714. The predicted molar refractivity (Wildman–Crippen MR) is 191 cm³/mol. The Hall–Kier alpha value is -2.36. The van der Waals surface area contributed by atoms with Crippen molar-refractivity contribution in [1.29, 1.82) is 0 Å². The van der Waals surface area contributed by atoms with Crippen LogP contribution in [-0.4, -0.2) is 21.4 Å². The van der Waals surface area contributed by atoms with Crippen LogP contribution in [-0.2, 0) is 12.8 Å². The van der Waals surface area contributed by atoms with Crippen LogP contribution < -0.4 is 9.47 Å². The zero-order chi connectivity index (χ0) is 33.2. The standard InChI is InChI=1S/2C21H32O2/c2*1-5-6-7-8-15-12-18(22)20-16-11-14(2)9-10-17(16)21(3,4)23-19(20)13-15/h2*12-14,16-17,22H,5-11H2,1-4H3/t14-,16+,17+;14-,16-,17-/m01/s1. The Morgan fingerprint density at radius 1 is 0.609 bits per heavy atom. The summed E-state index contributed by atoms with van der Waals surface area (Å²) in [5.74, 6) is 6.22. The predicted octanol–water partition coefficient (Wildman–Crippen LogP) is 11.6. The Morgan fingerprint density at radius 2 is 1.00 bits per heavy atom. The van der Waals surface area contributed by atoms with Crippen molar-refractivity contribution in [1.82, 2.24) is 0 Å². The summed E-state index contributed by atoms with van der Waals surface area (Å²) >= 11 is 0. The molecule has 0 bridgehead atoms. The molecule has 0 aromatic heterocycles.